The average Bonchev–Trinajstić information content (AvgIpc) is 3.38. The van der Waals surface area contributed by atoms with Crippen LogP contribution in [-0.2, 0) is 35.0 Å². The molecule has 4 amide bonds. The van der Waals surface area contributed by atoms with Crippen molar-refractivity contribution in [3.63, 3.8) is 0 Å². The third kappa shape index (κ3) is 8.04. The van der Waals surface area contributed by atoms with Crippen LogP contribution in [0.5, 0.6) is 0 Å². The number of piperidine rings is 1. The summed E-state index contributed by atoms with van der Waals surface area (Å²) in [7, 11) is 3.91. The van der Waals surface area contributed by atoms with E-state index in [1.165, 1.54) is 11.0 Å². The number of ether oxygens (including phenoxy) is 1. The van der Waals surface area contributed by atoms with Gasteiger partial charge in [0.2, 0.25) is 0 Å². The fourth-order valence-corrected chi connectivity index (χ4v) is 7.70. The summed E-state index contributed by atoms with van der Waals surface area (Å²) in [5, 5.41) is 2.68. The highest BCUT2D eigenvalue weighted by atomic mass is 35.5. The van der Waals surface area contributed by atoms with Gasteiger partial charge in [0, 0.05) is 70.7 Å². The molecule has 3 aromatic rings. The Bertz CT molecular complexity index is 1830. The molecule has 3 aliphatic heterocycles. The molecule has 1 fully saturated rings. The number of para-hydroxylation sites is 1. The van der Waals surface area contributed by atoms with Crippen LogP contribution in [0.2, 0.25) is 5.02 Å². The summed E-state index contributed by atoms with van der Waals surface area (Å²) in [6, 6.07) is 15.7. The van der Waals surface area contributed by atoms with Crippen LogP contribution >= 0.6 is 11.6 Å². The van der Waals surface area contributed by atoms with Gasteiger partial charge in [-0.2, -0.15) is 13.2 Å². The van der Waals surface area contributed by atoms with Crippen LogP contribution in [0.1, 0.15) is 53.5 Å². The number of nitrogens with zero attached hydrogens (tertiary/aromatic N) is 4. The van der Waals surface area contributed by atoms with E-state index in [2.05, 4.69) is 17.4 Å². The summed E-state index contributed by atoms with van der Waals surface area (Å²) in [5.74, 6) is -0.544. The molecule has 0 aromatic heterocycles. The van der Waals surface area contributed by atoms with Crippen LogP contribution in [0.3, 0.4) is 0 Å². The van der Waals surface area contributed by atoms with Crippen LogP contribution < -0.4 is 16.0 Å². The number of carbonyl (C=O) groups is 3. The number of amides is 4. The number of anilines is 3. The van der Waals surface area contributed by atoms with Crippen molar-refractivity contribution in [2.45, 2.75) is 63.3 Å². The highest BCUT2D eigenvalue weighted by Gasteiger charge is 2.38. The van der Waals surface area contributed by atoms with Crippen molar-refractivity contribution in [1.29, 1.82) is 0 Å². The largest absolute Gasteiger partial charge is 0.436 e. The lowest BCUT2D eigenvalue weighted by molar-refractivity contribution is -0.141. The third-order valence-corrected chi connectivity index (χ3v) is 10.7. The monoisotopic (exact) mass is 740 g/mol. The molecule has 0 aliphatic carbocycles. The van der Waals surface area contributed by atoms with Gasteiger partial charge in [0.05, 0.1) is 16.3 Å². The lowest BCUT2D eigenvalue weighted by Crippen LogP contribution is -2.51. The summed E-state index contributed by atoms with van der Waals surface area (Å²) in [6.45, 7) is 3.78. The summed E-state index contributed by atoms with van der Waals surface area (Å²) >= 11 is 6.14. The molecule has 3 aliphatic rings. The number of alkyl halides is 3. The van der Waals surface area contributed by atoms with E-state index in [1.54, 1.807) is 9.80 Å². The first kappa shape index (κ1) is 37.1. The molecular formula is C38H44ClF3N6O4. The van der Waals surface area contributed by atoms with E-state index in [0.29, 0.717) is 45.3 Å². The molecule has 0 bridgehead atoms. The van der Waals surface area contributed by atoms with Crippen molar-refractivity contribution in [3.8, 4) is 0 Å². The Labute approximate surface area is 306 Å². The summed E-state index contributed by atoms with van der Waals surface area (Å²) in [6.07, 6.45) is -5.04. The van der Waals surface area contributed by atoms with E-state index in [-0.39, 0.29) is 48.1 Å². The number of fused-ring (bicyclic) bond motifs is 2. The molecule has 278 valence electrons. The second kappa shape index (κ2) is 15.1. The number of likely N-dealkylation sites (tertiary alicyclic amines) is 1. The molecule has 1 unspecified atom stereocenters. The quantitative estimate of drug-likeness (QED) is 0.269. The first-order valence-electron chi connectivity index (χ1n) is 17.5. The number of halogens is 4. The van der Waals surface area contributed by atoms with Gasteiger partial charge in [0.15, 0.2) is 6.10 Å². The van der Waals surface area contributed by atoms with E-state index >= 15 is 0 Å². The summed E-state index contributed by atoms with van der Waals surface area (Å²) in [5.41, 5.74) is 9.10. The van der Waals surface area contributed by atoms with Crippen molar-refractivity contribution >= 4 is 46.7 Å². The molecule has 6 rings (SSSR count). The van der Waals surface area contributed by atoms with Crippen LogP contribution in [0.15, 0.2) is 54.6 Å². The number of hydrogen-bond acceptors (Lipinski definition) is 6. The lowest BCUT2D eigenvalue weighted by atomic mass is 9.94. The number of urea groups is 1. The fraction of sp³-hybridized carbons (Fsp3) is 0.447. The number of hydrogen-bond donors (Lipinski definition) is 2. The second-order valence-electron chi connectivity index (χ2n) is 14.1. The van der Waals surface area contributed by atoms with Gasteiger partial charge in [-0.25, -0.2) is 9.59 Å². The lowest BCUT2D eigenvalue weighted by Gasteiger charge is -2.38. The average molecular weight is 741 g/mol. The van der Waals surface area contributed by atoms with Gasteiger partial charge in [-0.3, -0.25) is 4.79 Å². The molecular weight excluding hydrogens is 697 g/mol. The normalized spacial score (nSPS) is 18.8. The molecule has 3 aromatic carbocycles. The Balaban J connectivity index is 1.18. The number of carbonyl (C=O) groups excluding carboxylic acids is 3. The zero-order valence-corrected chi connectivity index (χ0v) is 30.3. The Kier molecular flexibility index (Phi) is 10.8. The van der Waals surface area contributed by atoms with Gasteiger partial charge in [0.1, 0.15) is 0 Å². The SMILES string of the molecule is CC1CN(C(=O)[C@@H](Cc2cc(Cl)c(N)c(C(F)(F)F)c2)OC(=O)N2CCC(N3CCc4ccccc4NC3=O)CC2)CCc2cc(N(C)C)ccc21. The van der Waals surface area contributed by atoms with E-state index in [1.807, 2.05) is 56.3 Å². The molecule has 10 nitrogen and oxygen atoms in total. The molecule has 52 heavy (non-hydrogen) atoms. The van der Waals surface area contributed by atoms with Crippen LogP contribution in [0, 0.1) is 0 Å². The number of nitrogens with one attached hydrogen (secondary N) is 1. The Hall–Kier alpha value is -4.65. The van der Waals surface area contributed by atoms with Crippen molar-refractivity contribution in [2.24, 2.45) is 0 Å². The summed E-state index contributed by atoms with van der Waals surface area (Å²) in [4.78, 5) is 48.0. The third-order valence-electron chi connectivity index (χ3n) is 10.4. The molecule has 0 radical (unpaired) electrons. The maximum Gasteiger partial charge on any atom is 0.418 e. The first-order chi connectivity index (χ1) is 24.7. The maximum atomic E-state index is 14.3. The van der Waals surface area contributed by atoms with Gasteiger partial charge < -0.3 is 35.4 Å². The zero-order valence-electron chi connectivity index (χ0n) is 29.5. The van der Waals surface area contributed by atoms with Gasteiger partial charge >= 0.3 is 18.3 Å². The molecule has 3 N–H and O–H groups in total. The predicted octanol–water partition coefficient (Wildman–Crippen LogP) is 6.80. The van der Waals surface area contributed by atoms with Gasteiger partial charge in [-0.1, -0.05) is 42.8 Å². The molecule has 1 saturated heterocycles. The molecule has 14 heteroatoms. The Morgan fingerprint density at radius 2 is 1.71 bits per heavy atom. The zero-order chi connectivity index (χ0) is 37.3. The number of rotatable bonds is 6. The first-order valence-corrected chi connectivity index (χ1v) is 17.9. The molecule has 2 atom stereocenters. The minimum absolute atomic E-state index is 0.0418. The number of benzene rings is 3. The van der Waals surface area contributed by atoms with Crippen LogP contribution in [0.4, 0.5) is 39.8 Å². The van der Waals surface area contributed by atoms with Crippen molar-refractivity contribution in [2.75, 3.05) is 62.8 Å². The van der Waals surface area contributed by atoms with Crippen LogP contribution in [-0.4, -0.2) is 91.7 Å². The maximum absolute atomic E-state index is 14.3. The van der Waals surface area contributed by atoms with Crippen LogP contribution in [0.25, 0.3) is 0 Å². The minimum atomic E-state index is -4.78. The minimum Gasteiger partial charge on any atom is -0.436 e. The van der Waals surface area contributed by atoms with E-state index in [9.17, 15) is 27.6 Å². The van der Waals surface area contributed by atoms with Gasteiger partial charge in [-0.05, 0) is 84.2 Å². The van der Waals surface area contributed by atoms with Crippen molar-refractivity contribution in [1.82, 2.24) is 14.7 Å². The van der Waals surface area contributed by atoms with Gasteiger partial charge in [-0.15, -0.1) is 0 Å². The Morgan fingerprint density at radius 3 is 2.42 bits per heavy atom. The van der Waals surface area contributed by atoms with E-state index in [0.717, 1.165) is 34.1 Å². The molecule has 3 heterocycles. The highest BCUT2D eigenvalue weighted by Crippen LogP contribution is 2.38. The summed E-state index contributed by atoms with van der Waals surface area (Å²) < 4.78 is 47.6. The van der Waals surface area contributed by atoms with E-state index in [4.69, 9.17) is 22.1 Å². The fourth-order valence-electron chi connectivity index (χ4n) is 7.46. The smallest absolute Gasteiger partial charge is 0.418 e. The standard InChI is InChI=1S/C38H44ClF3N6O4/c1-23-22-47(14-10-26-21-28(45(2)3)8-9-29(23)26)35(49)33(20-24-18-30(38(40,41)42)34(43)31(39)19-24)52-37(51)46-15-12-27(13-16-46)48-17-11-25-6-4-5-7-32(25)44-36(48)50/h4-9,18-19,21,23,27,33H,10-17,20,22,43H2,1-3H3,(H,44,50)/t23?,33-/m1/s1. The van der Waals surface area contributed by atoms with Crippen molar-refractivity contribution in [3.05, 3.63) is 87.4 Å². The number of nitrogen functional groups attached to an aromatic ring is 1. The molecule has 0 spiro atoms. The van der Waals surface area contributed by atoms with Gasteiger partial charge in [0.25, 0.3) is 5.91 Å². The second-order valence-corrected chi connectivity index (χ2v) is 14.5. The topological polar surface area (TPSA) is 111 Å². The van der Waals surface area contributed by atoms with Crippen molar-refractivity contribution < 1.29 is 32.3 Å². The highest BCUT2D eigenvalue weighted by molar-refractivity contribution is 6.33. The van der Waals surface area contributed by atoms with E-state index < -0.39 is 35.5 Å². The molecule has 0 saturated carbocycles. The predicted molar refractivity (Wildman–Crippen MR) is 195 cm³/mol. The Morgan fingerprint density at radius 1 is 1.00 bits per heavy atom. The number of nitrogens with two attached hydrogens (primary N) is 1.